The Morgan fingerprint density at radius 3 is 2.83 bits per heavy atom. The Morgan fingerprint density at radius 2 is 2.22 bits per heavy atom. The van der Waals surface area contributed by atoms with Gasteiger partial charge in [-0.05, 0) is 43.5 Å². The summed E-state index contributed by atoms with van der Waals surface area (Å²) in [5.41, 5.74) is 0.634. The van der Waals surface area contributed by atoms with Crippen LogP contribution in [0.5, 0.6) is 11.5 Å². The first-order valence-electron chi connectivity index (χ1n) is 7.63. The first-order chi connectivity index (χ1) is 11.0. The summed E-state index contributed by atoms with van der Waals surface area (Å²) in [6.07, 6.45) is 5.63. The van der Waals surface area contributed by atoms with E-state index in [0.717, 1.165) is 25.7 Å². The summed E-state index contributed by atoms with van der Waals surface area (Å²) >= 11 is 3.33. The van der Waals surface area contributed by atoms with Crippen molar-refractivity contribution in [1.29, 1.82) is 5.26 Å². The molecule has 0 spiro atoms. The molecule has 2 N–H and O–H groups in total. The summed E-state index contributed by atoms with van der Waals surface area (Å²) in [7, 11) is 0. The van der Waals surface area contributed by atoms with Crippen molar-refractivity contribution >= 4 is 27.9 Å². The minimum atomic E-state index is -0.364. The van der Waals surface area contributed by atoms with Crippen molar-refractivity contribution in [1.82, 2.24) is 5.32 Å². The van der Waals surface area contributed by atoms with Gasteiger partial charge in [0.25, 0.3) is 5.91 Å². The minimum absolute atomic E-state index is 0.00444. The zero-order chi connectivity index (χ0) is 16.8. The van der Waals surface area contributed by atoms with Crippen LogP contribution in [0.4, 0.5) is 0 Å². The predicted molar refractivity (Wildman–Crippen MR) is 91.0 cm³/mol. The van der Waals surface area contributed by atoms with Crippen LogP contribution in [0.3, 0.4) is 0 Å². The number of rotatable bonds is 5. The maximum absolute atomic E-state index is 12.2. The van der Waals surface area contributed by atoms with Crippen molar-refractivity contribution in [2.45, 2.75) is 38.6 Å². The second-order valence-corrected chi connectivity index (χ2v) is 6.25. The Bertz CT molecular complexity index is 659. The summed E-state index contributed by atoms with van der Waals surface area (Å²) in [4.78, 5) is 12.2. The zero-order valence-electron chi connectivity index (χ0n) is 12.9. The number of aromatic hydroxyl groups is 1. The largest absolute Gasteiger partial charge is 0.504 e. The topological polar surface area (TPSA) is 82.3 Å². The van der Waals surface area contributed by atoms with Gasteiger partial charge in [-0.15, -0.1) is 0 Å². The van der Waals surface area contributed by atoms with Crippen molar-refractivity contribution in [2.24, 2.45) is 0 Å². The molecular formula is C17H19BrN2O3. The molecule has 1 aliphatic rings. The first kappa shape index (κ1) is 17.4. The molecule has 1 fully saturated rings. The van der Waals surface area contributed by atoms with E-state index in [1.54, 1.807) is 6.07 Å². The maximum Gasteiger partial charge on any atom is 0.262 e. The number of hydrogen-bond donors (Lipinski definition) is 2. The fourth-order valence-electron chi connectivity index (χ4n) is 2.58. The predicted octanol–water partition coefficient (Wildman–Crippen LogP) is 3.52. The van der Waals surface area contributed by atoms with Crippen LogP contribution < -0.4 is 10.1 Å². The third-order valence-corrected chi connectivity index (χ3v) is 4.42. The fraction of sp³-hybridized carbons (Fsp3) is 0.412. The third-order valence-electron chi connectivity index (χ3n) is 3.73. The van der Waals surface area contributed by atoms with Crippen LogP contribution in [-0.4, -0.2) is 23.7 Å². The van der Waals surface area contributed by atoms with Gasteiger partial charge in [-0.2, -0.15) is 5.26 Å². The molecule has 0 heterocycles. The van der Waals surface area contributed by atoms with Crippen LogP contribution in [0.15, 0.2) is 22.2 Å². The maximum atomic E-state index is 12.2. The van der Waals surface area contributed by atoms with Crippen LogP contribution in [0.1, 0.15) is 38.2 Å². The van der Waals surface area contributed by atoms with Gasteiger partial charge in [-0.1, -0.05) is 28.8 Å². The molecule has 0 unspecified atom stereocenters. The molecule has 5 nitrogen and oxygen atoms in total. The number of phenols is 1. The highest BCUT2D eigenvalue weighted by molar-refractivity contribution is 9.10. The van der Waals surface area contributed by atoms with Crippen LogP contribution >= 0.6 is 15.9 Å². The second-order valence-electron chi connectivity index (χ2n) is 5.40. The molecule has 0 atom stereocenters. The summed E-state index contributed by atoms with van der Waals surface area (Å²) < 4.78 is 5.92. The highest BCUT2D eigenvalue weighted by Gasteiger charge is 2.19. The summed E-state index contributed by atoms with van der Waals surface area (Å²) in [6.45, 7) is 2.22. The number of benzene rings is 1. The molecular weight excluding hydrogens is 360 g/mol. The average Bonchev–Trinajstić information content (AvgIpc) is 3.01. The van der Waals surface area contributed by atoms with Gasteiger partial charge in [0.05, 0.1) is 6.61 Å². The SMILES string of the molecule is CCOc1cc(/C=C(/C#N)C(=O)NC2CCCC2)c(Br)cc1O. The highest BCUT2D eigenvalue weighted by Crippen LogP contribution is 2.33. The van der Waals surface area contributed by atoms with E-state index >= 15 is 0 Å². The first-order valence-corrected chi connectivity index (χ1v) is 8.42. The lowest BCUT2D eigenvalue weighted by molar-refractivity contribution is -0.117. The zero-order valence-corrected chi connectivity index (χ0v) is 14.5. The van der Waals surface area contributed by atoms with Gasteiger partial charge in [-0.25, -0.2) is 0 Å². The van der Waals surface area contributed by atoms with E-state index in [1.165, 1.54) is 12.1 Å². The number of nitrogens with zero attached hydrogens (tertiary/aromatic N) is 1. The van der Waals surface area contributed by atoms with E-state index in [2.05, 4.69) is 21.2 Å². The van der Waals surface area contributed by atoms with E-state index in [-0.39, 0.29) is 23.3 Å². The Balaban J connectivity index is 2.24. The van der Waals surface area contributed by atoms with E-state index in [4.69, 9.17) is 4.74 Å². The van der Waals surface area contributed by atoms with Gasteiger partial charge in [-0.3, -0.25) is 4.79 Å². The van der Waals surface area contributed by atoms with Gasteiger partial charge in [0.2, 0.25) is 0 Å². The van der Waals surface area contributed by atoms with Gasteiger partial charge < -0.3 is 15.2 Å². The Morgan fingerprint density at radius 1 is 1.52 bits per heavy atom. The molecule has 1 aliphatic carbocycles. The van der Waals surface area contributed by atoms with Gasteiger partial charge in [0.15, 0.2) is 11.5 Å². The third kappa shape index (κ3) is 4.49. The van der Waals surface area contributed by atoms with Gasteiger partial charge in [0.1, 0.15) is 11.6 Å². The number of hydrogen-bond acceptors (Lipinski definition) is 4. The molecule has 0 saturated heterocycles. The summed E-state index contributed by atoms with van der Waals surface area (Å²) in [6, 6.07) is 5.18. The van der Waals surface area contributed by atoms with Crippen molar-refractivity contribution in [3.05, 3.63) is 27.7 Å². The number of amides is 1. The molecule has 2 rings (SSSR count). The van der Waals surface area contributed by atoms with E-state index in [1.807, 2.05) is 13.0 Å². The quantitative estimate of drug-likeness (QED) is 0.606. The lowest BCUT2D eigenvalue weighted by atomic mass is 10.1. The number of carbonyl (C=O) groups excluding carboxylic acids is 1. The van der Waals surface area contributed by atoms with Crippen LogP contribution in [0.25, 0.3) is 6.08 Å². The normalized spacial score (nSPS) is 15.3. The highest BCUT2D eigenvalue weighted by atomic mass is 79.9. The Hall–Kier alpha value is -2.00. The van der Waals surface area contributed by atoms with Crippen molar-refractivity contribution < 1.29 is 14.6 Å². The average molecular weight is 379 g/mol. The van der Waals surface area contributed by atoms with E-state index in [0.29, 0.717) is 22.4 Å². The second kappa shape index (κ2) is 8.02. The summed E-state index contributed by atoms with van der Waals surface area (Å²) in [5.74, 6) is -0.0439. The molecule has 23 heavy (non-hydrogen) atoms. The van der Waals surface area contributed by atoms with Gasteiger partial charge in [0, 0.05) is 10.5 Å². The number of ether oxygens (including phenoxy) is 1. The molecule has 0 aliphatic heterocycles. The molecule has 0 radical (unpaired) electrons. The molecule has 6 heteroatoms. The standard InChI is InChI=1S/C17H19BrN2O3/c1-2-23-16-8-11(14(18)9-15(16)21)7-12(10-19)17(22)20-13-5-3-4-6-13/h7-9,13,21H,2-6H2,1H3,(H,20,22)/b12-7-. The van der Waals surface area contributed by atoms with E-state index in [9.17, 15) is 15.2 Å². The minimum Gasteiger partial charge on any atom is -0.504 e. The van der Waals surface area contributed by atoms with Crippen molar-refractivity contribution in [3.63, 3.8) is 0 Å². The Labute approximate surface area is 144 Å². The molecule has 1 aromatic carbocycles. The monoisotopic (exact) mass is 378 g/mol. The molecule has 0 bridgehead atoms. The number of nitriles is 1. The number of halogens is 1. The van der Waals surface area contributed by atoms with E-state index < -0.39 is 0 Å². The molecule has 0 aromatic heterocycles. The van der Waals surface area contributed by atoms with Crippen LogP contribution in [-0.2, 0) is 4.79 Å². The summed E-state index contributed by atoms with van der Waals surface area (Å²) in [5, 5.41) is 22.0. The number of carbonyl (C=O) groups is 1. The van der Waals surface area contributed by atoms with Crippen LogP contribution in [0, 0.1) is 11.3 Å². The molecule has 122 valence electrons. The Kier molecular flexibility index (Phi) is 6.05. The van der Waals surface area contributed by atoms with Crippen molar-refractivity contribution in [3.8, 4) is 17.6 Å². The van der Waals surface area contributed by atoms with Gasteiger partial charge >= 0.3 is 0 Å². The lowest BCUT2D eigenvalue weighted by Gasteiger charge is -2.12. The molecule has 1 aromatic rings. The van der Waals surface area contributed by atoms with Crippen molar-refractivity contribution in [2.75, 3.05) is 6.61 Å². The molecule has 1 amide bonds. The molecule has 1 saturated carbocycles. The smallest absolute Gasteiger partial charge is 0.262 e. The lowest BCUT2D eigenvalue weighted by Crippen LogP contribution is -2.33. The number of nitrogens with one attached hydrogen (secondary N) is 1. The number of phenolic OH excluding ortho intramolecular Hbond substituents is 1. The fourth-order valence-corrected chi connectivity index (χ4v) is 3.02. The van der Waals surface area contributed by atoms with Crippen LogP contribution in [0.2, 0.25) is 0 Å².